The Morgan fingerprint density at radius 1 is 1.42 bits per heavy atom. The number of hydrogen-bond donors (Lipinski definition) is 1. The SMILES string of the molecule is COc1c(Cl)cc(Cl)cc1C(=O)NCc1ccco1. The molecule has 0 aliphatic heterocycles. The molecule has 1 aromatic heterocycles. The maximum Gasteiger partial charge on any atom is 0.255 e. The number of benzene rings is 1. The van der Waals surface area contributed by atoms with E-state index < -0.39 is 0 Å². The van der Waals surface area contributed by atoms with Gasteiger partial charge in [0, 0.05) is 5.02 Å². The Labute approximate surface area is 120 Å². The molecule has 19 heavy (non-hydrogen) atoms. The normalized spacial score (nSPS) is 10.3. The molecule has 0 atom stereocenters. The molecule has 0 aliphatic rings. The first-order chi connectivity index (χ1) is 9.11. The Hall–Kier alpha value is -1.65. The van der Waals surface area contributed by atoms with Gasteiger partial charge in [-0.25, -0.2) is 0 Å². The number of furan rings is 1. The van der Waals surface area contributed by atoms with Gasteiger partial charge in [0.25, 0.3) is 5.91 Å². The Morgan fingerprint density at radius 2 is 2.21 bits per heavy atom. The van der Waals surface area contributed by atoms with E-state index in [-0.39, 0.29) is 23.0 Å². The van der Waals surface area contributed by atoms with Gasteiger partial charge in [0.1, 0.15) is 11.5 Å². The van der Waals surface area contributed by atoms with Gasteiger partial charge in [0.15, 0.2) is 0 Å². The zero-order chi connectivity index (χ0) is 13.8. The van der Waals surface area contributed by atoms with Crippen LogP contribution in [0, 0.1) is 0 Å². The first kappa shape index (κ1) is 13.8. The van der Waals surface area contributed by atoms with Crippen LogP contribution in [0.5, 0.6) is 5.75 Å². The minimum atomic E-state index is -0.336. The van der Waals surface area contributed by atoms with Crippen molar-refractivity contribution in [1.29, 1.82) is 0 Å². The summed E-state index contributed by atoms with van der Waals surface area (Å²) < 4.78 is 10.2. The van der Waals surface area contributed by atoms with Crippen LogP contribution in [-0.2, 0) is 6.54 Å². The van der Waals surface area contributed by atoms with E-state index in [1.54, 1.807) is 18.4 Å². The quantitative estimate of drug-likeness (QED) is 0.939. The lowest BCUT2D eigenvalue weighted by atomic mass is 10.2. The summed E-state index contributed by atoms with van der Waals surface area (Å²) in [6.07, 6.45) is 1.54. The maximum atomic E-state index is 12.1. The highest BCUT2D eigenvalue weighted by Gasteiger charge is 2.16. The molecular weight excluding hydrogens is 289 g/mol. The smallest absolute Gasteiger partial charge is 0.255 e. The lowest BCUT2D eigenvalue weighted by Gasteiger charge is -2.10. The van der Waals surface area contributed by atoms with Crippen LogP contribution >= 0.6 is 23.2 Å². The Bertz CT molecular complexity index is 582. The zero-order valence-electron chi connectivity index (χ0n) is 10.1. The second-order valence-electron chi connectivity index (χ2n) is 3.73. The minimum absolute atomic E-state index is 0.277. The molecule has 0 saturated heterocycles. The molecule has 1 N–H and O–H groups in total. The zero-order valence-corrected chi connectivity index (χ0v) is 11.6. The topological polar surface area (TPSA) is 51.5 Å². The van der Waals surface area contributed by atoms with E-state index in [1.165, 1.54) is 19.2 Å². The van der Waals surface area contributed by atoms with E-state index in [2.05, 4.69) is 5.32 Å². The standard InChI is InChI=1S/C13H11Cl2NO3/c1-18-12-10(5-8(14)6-11(12)15)13(17)16-7-9-3-2-4-19-9/h2-6H,7H2,1H3,(H,16,17). The van der Waals surface area contributed by atoms with E-state index in [0.29, 0.717) is 16.5 Å². The van der Waals surface area contributed by atoms with Crippen LogP contribution in [-0.4, -0.2) is 13.0 Å². The average Bonchev–Trinajstić information content (AvgIpc) is 2.88. The highest BCUT2D eigenvalue weighted by Crippen LogP contribution is 2.32. The second-order valence-corrected chi connectivity index (χ2v) is 4.57. The Morgan fingerprint density at radius 3 is 2.84 bits per heavy atom. The van der Waals surface area contributed by atoms with Crippen LogP contribution in [0.25, 0.3) is 0 Å². The predicted molar refractivity (Wildman–Crippen MR) is 72.9 cm³/mol. The summed E-state index contributed by atoms with van der Waals surface area (Å²) in [4.78, 5) is 12.1. The minimum Gasteiger partial charge on any atom is -0.494 e. The van der Waals surface area contributed by atoms with E-state index in [4.69, 9.17) is 32.4 Å². The van der Waals surface area contributed by atoms with E-state index in [9.17, 15) is 4.79 Å². The molecular formula is C13H11Cl2NO3. The van der Waals surface area contributed by atoms with Crippen LogP contribution in [0.15, 0.2) is 34.9 Å². The monoisotopic (exact) mass is 299 g/mol. The second kappa shape index (κ2) is 5.99. The van der Waals surface area contributed by atoms with Gasteiger partial charge in [-0.05, 0) is 24.3 Å². The van der Waals surface area contributed by atoms with Gasteiger partial charge >= 0.3 is 0 Å². The largest absolute Gasteiger partial charge is 0.494 e. The van der Waals surface area contributed by atoms with Crippen molar-refractivity contribution < 1.29 is 13.9 Å². The molecule has 0 radical (unpaired) electrons. The number of carbonyl (C=O) groups excluding carboxylic acids is 1. The van der Waals surface area contributed by atoms with Crippen LogP contribution in [0.3, 0.4) is 0 Å². The van der Waals surface area contributed by atoms with E-state index in [0.717, 1.165) is 0 Å². The fourth-order valence-electron chi connectivity index (χ4n) is 1.61. The fraction of sp³-hybridized carbons (Fsp3) is 0.154. The van der Waals surface area contributed by atoms with Crippen LogP contribution in [0.4, 0.5) is 0 Å². The van der Waals surface area contributed by atoms with Gasteiger partial charge < -0.3 is 14.5 Å². The molecule has 2 rings (SSSR count). The molecule has 0 aliphatic carbocycles. The Balaban J connectivity index is 2.18. The number of rotatable bonds is 4. The van der Waals surface area contributed by atoms with Crippen molar-refractivity contribution in [3.8, 4) is 5.75 Å². The van der Waals surface area contributed by atoms with Gasteiger partial charge in [-0.1, -0.05) is 23.2 Å². The third kappa shape index (κ3) is 3.22. The van der Waals surface area contributed by atoms with Gasteiger partial charge in [-0.3, -0.25) is 4.79 Å². The first-order valence-corrected chi connectivity index (χ1v) is 6.21. The molecule has 0 fully saturated rings. The molecule has 4 nitrogen and oxygen atoms in total. The molecule has 6 heteroatoms. The summed E-state index contributed by atoms with van der Waals surface area (Å²) in [5.74, 6) is 0.612. The maximum absolute atomic E-state index is 12.1. The van der Waals surface area contributed by atoms with Gasteiger partial charge in [-0.15, -0.1) is 0 Å². The average molecular weight is 300 g/mol. The van der Waals surface area contributed by atoms with Crippen LogP contribution in [0.1, 0.15) is 16.1 Å². The lowest BCUT2D eigenvalue weighted by molar-refractivity contribution is 0.0945. The molecule has 0 bridgehead atoms. The molecule has 0 saturated carbocycles. The third-order valence-corrected chi connectivity index (χ3v) is 2.96. The Kier molecular flexibility index (Phi) is 4.35. The molecule has 1 aromatic carbocycles. The predicted octanol–water partition coefficient (Wildman–Crippen LogP) is 3.53. The van der Waals surface area contributed by atoms with Gasteiger partial charge in [-0.2, -0.15) is 0 Å². The number of carbonyl (C=O) groups is 1. The summed E-state index contributed by atoms with van der Waals surface area (Å²) in [5.41, 5.74) is 0.284. The summed E-state index contributed by atoms with van der Waals surface area (Å²) in [6, 6.07) is 6.54. The van der Waals surface area contributed by atoms with Gasteiger partial charge in [0.2, 0.25) is 0 Å². The first-order valence-electron chi connectivity index (χ1n) is 5.45. The lowest BCUT2D eigenvalue weighted by Crippen LogP contribution is -2.23. The molecule has 2 aromatic rings. The van der Waals surface area contributed by atoms with Crippen LogP contribution in [0.2, 0.25) is 10.0 Å². The number of hydrogen-bond acceptors (Lipinski definition) is 3. The van der Waals surface area contributed by atoms with Crippen molar-refractivity contribution in [3.63, 3.8) is 0 Å². The van der Waals surface area contributed by atoms with Crippen molar-refractivity contribution in [3.05, 3.63) is 51.9 Å². The fourth-order valence-corrected chi connectivity index (χ4v) is 2.18. The van der Waals surface area contributed by atoms with Crippen molar-refractivity contribution in [1.82, 2.24) is 5.32 Å². The summed E-state index contributed by atoms with van der Waals surface area (Å²) in [5, 5.41) is 3.36. The summed E-state index contributed by atoms with van der Waals surface area (Å²) in [7, 11) is 1.44. The number of amides is 1. The number of halogens is 2. The van der Waals surface area contributed by atoms with Gasteiger partial charge in [0.05, 0.1) is 30.5 Å². The summed E-state index contributed by atoms with van der Waals surface area (Å²) >= 11 is 11.9. The molecule has 1 heterocycles. The van der Waals surface area contributed by atoms with Crippen molar-refractivity contribution in [2.45, 2.75) is 6.54 Å². The highest BCUT2D eigenvalue weighted by atomic mass is 35.5. The number of methoxy groups -OCH3 is 1. The highest BCUT2D eigenvalue weighted by molar-refractivity contribution is 6.36. The van der Waals surface area contributed by atoms with E-state index in [1.807, 2.05) is 0 Å². The van der Waals surface area contributed by atoms with E-state index >= 15 is 0 Å². The molecule has 0 unspecified atom stereocenters. The molecule has 0 spiro atoms. The van der Waals surface area contributed by atoms with Crippen molar-refractivity contribution in [2.75, 3.05) is 7.11 Å². The van der Waals surface area contributed by atoms with Crippen LogP contribution < -0.4 is 10.1 Å². The van der Waals surface area contributed by atoms with Crippen molar-refractivity contribution >= 4 is 29.1 Å². The van der Waals surface area contributed by atoms with Crippen molar-refractivity contribution in [2.24, 2.45) is 0 Å². The summed E-state index contributed by atoms with van der Waals surface area (Å²) in [6.45, 7) is 0.277. The number of ether oxygens (including phenoxy) is 1. The third-order valence-electron chi connectivity index (χ3n) is 2.46. The molecule has 1 amide bonds. The molecule has 100 valence electrons. The number of nitrogens with one attached hydrogen (secondary N) is 1.